The van der Waals surface area contributed by atoms with Crippen LogP contribution in [-0.4, -0.2) is 36.7 Å². The Bertz CT molecular complexity index is 1810. The Hall–Kier alpha value is -4.29. The van der Waals surface area contributed by atoms with E-state index in [0.29, 0.717) is 22.8 Å². The van der Waals surface area contributed by atoms with Crippen LogP contribution in [0.4, 0.5) is 0 Å². The van der Waals surface area contributed by atoms with Crippen molar-refractivity contribution in [2.45, 2.75) is 19.8 Å². The van der Waals surface area contributed by atoms with E-state index in [-0.39, 0.29) is 24.8 Å². The summed E-state index contributed by atoms with van der Waals surface area (Å²) in [6, 6.07) is 18.1. The van der Waals surface area contributed by atoms with Gasteiger partial charge in [0.05, 0.1) is 40.0 Å². The van der Waals surface area contributed by atoms with Gasteiger partial charge < -0.3 is 14.4 Å². The Morgan fingerprint density at radius 1 is 0.930 bits per heavy atom. The van der Waals surface area contributed by atoms with Crippen molar-refractivity contribution in [3.8, 4) is 22.8 Å². The van der Waals surface area contributed by atoms with E-state index in [4.69, 9.17) is 0 Å². The minimum atomic E-state index is -4.43. The average Bonchev–Trinajstić information content (AvgIpc) is 3.02. The van der Waals surface area contributed by atoms with Gasteiger partial charge in [0.2, 0.25) is 0 Å². The maximum absolute atomic E-state index is 11.7. The molecular weight excluding hydrogens is 648 g/mol. The summed E-state index contributed by atoms with van der Waals surface area (Å²) in [5.74, 6) is 0. The van der Waals surface area contributed by atoms with E-state index in [9.17, 15) is 14.4 Å². The SMILES string of the molecule is Cc1cc(C2=CCCC=N2)nc(-c2ccccn2)c1.[CH2-][n+]1ccccc1-c1cc(P(=O)(O)O)cc(C2=NC=[C+]C=C2)n1.[Ru+]. The molecule has 2 aliphatic rings. The quantitative estimate of drug-likeness (QED) is 0.135. The first-order valence-corrected chi connectivity index (χ1v) is 14.7. The Balaban J connectivity index is 0.000000195. The summed E-state index contributed by atoms with van der Waals surface area (Å²) in [5, 5.41) is -0.115. The molecule has 215 valence electrons. The standard InChI is InChI=1S/C16H12N3O3P.C16H15N3.Ru/c1-19-9-5-3-7-16(19)15-11-12(23(20,21)22)10-14(18-15)13-6-2-4-8-17-13;1-12-10-15(13-6-2-4-8-17-13)19-16(11-12)14-7-3-5-9-18-14;/h2-3,5-11H,1H2,(H-,20,21,22);2,4,6-11H,3,5H2,1H3;/q;;+1/p+1. The van der Waals surface area contributed by atoms with Crippen molar-refractivity contribution in [1.29, 1.82) is 0 Å². The Kier molecular flexibility index (Phi) is 10.5. The van der Waals surface area contributed by atoms with Crippen molar-refractivity contribution >= 4 is 30.5 Å². The maximum Gasteiger partial charge on any atom is 1.00 e. The van der Waals surface area contributed by atoms with Crippen LogP contribution in [-0.2, 0) is 24.0 Å². The van der Waals surface area contributed by atoms with Gasteiger partial charge in [-0.05, 0) is 67.8 Å². The normalized spacial score (nSPS) is 13.6. The van der Waals surface area contributed by atoms with Crippen LogP contribution < -0.4 is 9.87 Å². The van der Waals surface area contributed by atoms with Crippen molar-refractivity contribution < 1.29 is 38.4 Å². The fourth-order valence-corrected chi connectivity index (χ4v) is 4.83. The minimum absolute atomic E-state index is 0. The Morgan fingerprint density at radius 3 is 2.37 bits per heavy atom. The summed E-state index contributed by atoms with van der Waals surface area (Å²) < 4.78 is 13.3. The molecule has 0 aliphatic carbocycles. The van der Waals surface area contributed by atoms with Crippen LogP contribution in [0.25, 0.3) is 28.5 Å². The monoisotopic (exact) mass is 677 g/mol. The second-order valence-corrected chi connectivity index (χ2v) is 11.1. The average molecular weight is 677 g/mol. The molecule has 2 aliphatic heterocycles. The van der Waals surface area contributed by atoms with Gasteiger partial charge in [-0.15, -0.1) is 0 Å². The van der Waals surface area contributed by atoms with Gasteiger partial charge in [-0.2, -0.15) is 0 Å². The fourth-order valence-electron chi connectivity index (χ4n) is 4.25. The summed E-state index contributed by atoms with van der Waals surface area (Å²) in [5.41, 5.74) is 6.78. The third-order valence-corrected chi connectivity index (χ3v) is 7.18. The van der Waals surface area contributed by atoms with Crippen LogP contribution in [0, 0.1) is 20.0 Å². The van der Waals surface area contributed by atoms with Crippen molar-refractivity contribution in [2.24, 2.45) is 9.98 Å². The van der Waals surface area contributed by atoms with Crippen LogP contribution in [0.5, 0.6) is 0 Å². The zero-order chi connectivity index (χ0) is 29.5. The van der Waals surface area contributed by atoms with Gasteiger partial charge in [0.1, 0.15) is 23.5 Å². The van der Waals surface area contributed by atoms with Gasteiger partial charge in [-0.1, -0.05) is 24.3 Å². The zero-order valence-electron chi connectivity index (χ0n) is 23.2. The molecule has 4 aromatic rings. The van der Waals surface area contributed by atoms with Crippen molar-refractivity contribution in [3.63, 3.8) is 0 Å². The fraction of sp³-hybridized carbons (Fsp3) is 0.0938. The van der Waals surface area contributed by atoms with Gasteiger partial charge in [0.15, 0.2) is 18.0 Å². The van der Waals surface area contributed by atoms with E-state index in [2.05, 4.69) is 63.2 Å². The molecule has 0 atom stereocenters. The molecule has 1 radical (unpaired) electrons. The molecule has 0 saturated carbocycles. The number of rotatable bonds is 5. The van der Waals surface area contributed by atoms with E-state index >= 15 is 0 Å². The van der Waals surface area contributed by atoms with Crippen LogP contribution in [0.1, 0.15) is 29.8 Å². The number of aromatic nitrogens is 4. The van der Waals surface area contributed by atoms with Crippen LogP contribution in [0.2, 0.25) is 0 Å². The molecule has 0 aromatic carbocycles. The predicted molar refractivity (Wildman–Crippen MR) is 164 cm³/mol. The summed E-state index contributed by atoms with van der Waals surface area (Å²) >= 11 is 0. The van der Waals surface area contributed by atoms with Crippen LogP contribution >= 0.6 is 7.60 Å². The molecule has 0 spiro atoms. The molecule has 2 N–H and O–H groups in total. The second kappa shape index (κ2) is 14.3. The van der Waals surface area contributed by atoms with Crippen molar-refractivity contribution in [2.75, 3.05) is 0 Å². The Labute approximate surface area is 263 Å². The molecule has 6 heterocycles. The van der Waals surface area contributed by atoms with Crippen LogP contribution in [0.15, 0.2) is 107 Å². The Morgan fingerprint density at radius 2 is 1.70 bits per heavy atom. The van der Waals surface area contributed by atoms with E-state index in [1.165, 1.54) is 23.9 Å². The molecule has 11 heteroatoms. The van der Waals surface area contributed by atoms with Crippen molar-refractivity contribution in [1.82, 2.24) is 15.0 Å². The van der Waals surface area contributed by atoms with Gasteiger partial charge in [-0.25, -0.2) is 9.98 Å². The number of hydrogen-bond acceptors (Lipinski definition) is 6. The van der Waals surface area contributed by atoms with Crippen LogP contribution in [0.3, 0.4) is 0 Å². The summed E-state index contributed by atoms with van der Waals surface area (Å²) in [6.45, 7) is 2.07. The van der Waals surface area contributed by atoms with Gasteiger partial charge >= 0.3 is 27.1 Å². The molecule has 0 saturated heterocycles. The number of nitrogens with zero attached hydrogens (tertiary/aromatic N) is 6. The summed E-state index contributed by atoms with van der Waals surface area (Å²) in [7, 11) is -0.580. The topological polar surface area (TPSA) is 125 Å². The molecule has 9 nitrogen and oxygen atoms in total. The van der Waals surface area contributed by atoms with E-state index in [1.54, 1.807) is 47.3 Å². The third kappa shape index (κ3) is 8.17. The summed E-state index contributed by atoms with van der Waals surface area (Å²) in [4.78, 5) is 41.1. The van der Waals surface area contributed by atoms with Gasteiger partial charge in [0, 0.05) is 19.5 Å². The molecule has 0 fully saturated rings. The number of aryl methyl sites for hydroxylation is 1. The number of pyridine rings is 4. The van der Waals surface area contributed by atoms with E-state index < -0.39 is 7.60 Å². The summed E-state index contributed by atoms with van der Waals surface area (Å²) in [6.07, 6.45) is 17.3. The molecule has 0 amide bonds. The van der Waals surface area contributed by atoms with E-state index in [1.807, 2.05) is 24.4 Å². The molecule has 0 bridgehead atoms. The smallest absolute Gasteiger partial charge is 0.332 e. The van der Waals surface area contributed by atoms with E-state index in [0.717, 1.165) is 35.6 Å². The van der Waals surface area contributed by atoms with Gasteiger partial charge in [-0.3, -0.25) is 19.5 Å². The molecule has 43 heavy (non-hydrogen) atoms. The van der Waals surface area contributed by atoms with Gasteiger partial charge in [0.25, 0.3) is 0 Å². The second-order valence-electron chi connectivity index (χ2n) is 9.45. The predicted octanol–water partition coefficient (Wildman–Crippen LogP) is 4.81. The third-order valence-electron chi connectivity index (χ3n) is 6.25. The molecule has 4 aromatic heterocycles. The first-order valence-electron chi connectivity index (χ1n) is 13.1. The number of allylic oxidation sites excluding steroid dienone is 4. The molecule has 6 rings (SSSR count). The number of hydrogen-bond donors (Lipinski definition) is 2. The first kappa shape index (κ1) is 31.6. The van der Waals surface area contributed by atoms with Crippen molar-refractivity contribution in [3.05, 3.63) is 128 Å². The first-order chi connectivity index (χ1) is 20.3. The largest absolute Gasteiger partial charge is 1.00 e. The molecule has 0 unspecified atom stereocenters. The zero-order valence-corrected chi connectivity index (χ0v) is 25.9. The minimum Gasteiger partial charge on any atom is -0.332 e. The maximum atomic E-state index is 11.7. The molecular formula is C32H28N6O3PRu+2. The number of aliphatic imine (C=N–C) groups is 2.